The quantitative estimate of drug-likeness (QED) is 0.782. The van der Waals surface area contributed by atoms with Gasteiger partial charge in [-0.3, -0.25) is 4.79 Å². The predicted octanol–water partition coefficient (Wildman–Crippen LogP) is 2.82. The summed E-state index contributed by atoms with van der Waals surface area (Å²) in [6.45, 7) is 2.76. The van der Waals surface area contributed by atoms with E-state index < -0.39 is 12.1 Å². The van der Waals surface area contributed by atoms with Gasteiger partial charge in [-0.2, -0.15) is 0 Å². The van der Waals surface area contributed by atoms with Gasteiger partial charge >= 0.3 is 5.97 Å². The Morgan fingerprint density at radius 2 is 1.75 bits per heavy atom. The van der Waals surface area contributed by atoms with Crippen LogP contribution in [0.1, 0.15) is 34.5 Å². The second kappa shape index (κ2) is 8.84. The van der Waals surface area contributed by atoms with Crippen LogP contribution in [0.25, 0.3) is 0 Å². The van der Waals surface area contributed by atoms with E-state index in [1.165, 1.54) is 0 Å². The molecular weight excluding hydrogens is 306 g/mol. The van der Waals surface area contributed by atoms with Crippen molar-refractivity contribution in [3.05, 3.63) is 71.3 Å². The molecule has 0 spiro atoms. The highest BCUT2D eigenvalue weighted by atomic mass is 16.5. The molecule has 2 aromatic rings. The number of carboxylic acid groups (broad SMARTS) is 1. The maximum absolute atomic E-state index is 12.4. The van der Waals surface area contributed by atoms with Crippen molar-refractivity contribution in [3.8, 4) is 0 Å². The van der Waals surface area contributed by atoms with Gasteiger partial charge in [-0.1, -0.05) is 42.5 Å². The van der Waals surface area contributed by atoms with Crippen LogP contribution in [0.3, 0.4) is 0 Å². The SMILES string of the molecule is CCOC(C(=O)NCCc1ccc(C(=O)O)cc1)c1ccccc1. The Kier molecular flexibility index (Phi) is 6.51. The lowest BCUT2D eigenvalue weighted by Gasteiger charge is -2.17. The van der Waals surface area contributed by atoms with Crippen LogP contribution >= 0.6 is 0 Å². The zero-order valence-corrected chi connectivity index (χ0v) is 13.6. The molecule has 0 bridgehead atoms. The van der Waals surface area contributed by atoms with Gasteiger partial charge in [0.15, 0.2) is 6.10 Å². The molecule has 5 nitrogen and oxygen atoms in total. The van der Waals surface area contributed by atoms with Crippen LogP contribution in [-0.2, 0) is 16.0 Å². The molecule has 5 heteroatoms. The second-order valence-electron chi connectivity index (χ2n) is 5.29. The number of rotatable bonds is 8. The lowest BCUT2D eigenvalue weighted by Crippen LogP contribution is -2.32. The maximum atomic E-state index is 12.4. The monoisotopic (exact) mass is 327 g/mol. The van der Waals surface area contributed by atoms with E-state index in [1.807, 2.05) is 37.3 Å². The minimum absolute atomic E-state index is 0.176. The lowest BCUT2D eigenvalue weighted by molar-refractivity contribution is -0.132. The van der Waals surface area contributed by atoms with E-state index in [1.54, 1.807) is 24.3 Å². The molecule has 0 saturated carbocycles. The summed E-state index contributed by atoms with van der Waals surface area (Å²) in [5.74, 6) is -1.12. The average molecular weight is 327 g/mol. The van der Waals surface area contributed by atoms with Gasteiger partial charge in [0.1, 0.15) is 0 Å². The molecule has 24 heavy (non-hydrogen) atoms. The van der Waals surface area contributed by atoms with Crippen LogP contribution in [0.2, 0.25) is 0 Å². The molecule has 0 heterocycles. The summed E-state index contributed by atoms with van der Waals surface area (Å²) >= 11 is 0. The van der Waals surface area contributed by atoms with Gasteiger partial charge in [0.05, 0.1) is 5.56 Å². The number of amides is 1. The fourth-order valence-electron chi connectivity index (χ4n) is 2.35. The van der Waals surface area contributed by atoms with Crippen molar-refractivity contribution in [2.24, 2.45) is 0 Å². The van der Waals surface area contributed by atoms with Crippen molar-refractivity contribution < 1.29 is 19.4 Å². The first kappa shape index (κ1) is 17.7. The van der Waals surface area contributed by atoms with E-state index in [4.69, 9.17) is 9.84 Å². The molecule has 0 radical (unpaired) electrons. The molecule has 0 aliphatic heterocycles. The maximum Gasteiger partial charge on any atom is 0.335 e. The molecule has 0 fully saturated rings. The number of aromatic carboxylic acids is 1. The Morgan fingerprint density at radius 3 is 2.33 bits per heavy atom. The number of hydrogen-bond acceptors (Lipinski definition) is 3. The molecule has 2 rings (SSSR count). The highest BCUT2D eigenvalue weighted by Gasteiger charge is 2.20. The van der Waals surface area contributed by atoms with Crippen LogP contribution in [-0.4, -0.2) is 30.1 Å². The van der Waals surface area contributed by atoms with Gasteiger partial charge in [0, 0.05) is 13.2 Å². The molecule has 1 amide bonds. The Hall–Kier alpha value is -2.66. The van der Waals surface area contributed by atoms with Crippen LogP contribution < -0.4 is 5.32 Å². The molecule has 126 valence electrons. The third kappa shape index (κ3) is 4.93. The third-order valence-electron chi connectivity index (χ3n) is 3.59. The van der Waals surface area contributed by atoms with Crippen molar-refractivity contribution >= 4 is 11.9 Å². The fraction of sp³-hybridized carbons (Fsp3) is 0.263. The first-order chi connectivity index (χ1) is 11.6. The predicted molar refractivity (Wildman–Crippen MR) is 90.9 cm³/mol. The summed E-state index contributed by atoms with van der Waals surface area (Å²) < 4.78 is 5.56. The Balaban J connectivity index is 1.90. The first-order valence-corrected chi connectivity index (χ1v) is 7.88. The minimum Gasteiger partial charge on any atom is -0.478 e. The molecule has 0 aliphatic carbocycles. The number of nitrogens with one attached hydrogen (secondary N) is 1. The number of carbonyl (C=O) groups is 2. The average Bonchev–Trinajstić information content (AvgIpc) is 2.60. The van der Waals surface area contributed by atoms with Gasteiger partial charge in [-0.05, 0) is 36.6 Å². The Bertz CT molecular complexity index is 668. The van der Waals surface area contributed by atoms with Crippen LogP contribution in [0.5, 0.6) is 0 Å². The van der Waals surface area contributed by atoms with E-state index in [9.17, 15) is 9.59 Å². The number of benzene rings is 2. The highest BCUT2D eigenvalue weighted by molar-refractivity contribution is 5.87. The van der Waals surface area contributed by atoms with E-state index >= 15 is 0 Å². The zero-order valence-electron chi connectivity index (χ0n) is 13.6. The normalized spacial score (nSPS) is 11.7. The molecule has 2 N–H and O–H groups in total. The van der Waals surface area contributed by atoms with E-state index in [0.717, 1.165) is 11.1 Å². The number of carboxylic acids is 1. The number of carbonyl (C=O) groups excluding carboxylic acids is 1. The summed E-state index contributed by atoms with van der Waals surface area (Å²) in [5, 5.41) is 11.7. The molecule has 0 aliphatic rings. The topological polar surface area (TPSA) is 75.6 Å². The fourth-order valence-corrected chi connectivity index (χ4v) is 2.35. The molecule has 0 saturated heterocycles. The van der Waals surface area contributed by atoms with E-state index in [-0.39, 0.29) is 11.5 Å². The summed E-state index contributed by atoms with van der Waals surface area (Å²) in [7, 11) is 0. The second-order valence-corrected chi connectivity index (χ2v) is 5.29. The molecular formula is C19H21NO4. The molecule has 2 aromatic carbocycles. The number of hydrogen-bond donors (Lipinski definition) is 2. The van der Waals surface area contributed by atoms with Gasteiger partial charge < -0.3 is 15.2 Å². The first-order valence-electron chi connectivity index (χ1n) is 7.88. The van der Waals surface area contributed by atoms with Gasteiger partial charge in [0.25, 0.3) is 5.91 Å². The van der Waals surface area contributed by atoms with Crippen LogP contribution in [0.4, 0.5) is 0 Å². The van der Waals surface area contributed by atoms with Crippen molar-refractivity contribution in [3.63, 3.8) is 0 Å². The summed E-state index contributed by atoms with van der Waals surface area (Å²) in [6.07, 6.45) is 0.00445. The van der Waals surface area contributed by atoms with Gasteiger partial charge in [0.2, 0.25) is 0 Å². The van der Waals surface area contributed by atoms with Crippen molar-refractivity contribution in [2.75, 3.05) is 13.2 Å². The van der Waals surface area contributed by atoms with Crippen LogP contribution in [0.15, 0.2) is 54.6 Å². The summed E-state index contributed by atoms with van der Waals surface area (Å²) in [4.78, 5) is 23.2. The highest BCUT2D eigenvalue weighted by Crippen LogP contribution is 2.17. The smallest absolute Gasteiger partial charge is 0.335 e. The zero-order chi connectivity index (χ0) is 17.4. The Morgan fingerprint density at radius 1 is 1.08 bits per heavy atom. The lowest BCUT2D eigenvalue weighted by atomic mass is 10.1. The van der Waals surface area contributed by atoms with Crippen molar-refractivity contribution in [2.45, 2.75) is 19.4 Å². The molecule has 1 unspecified atom stereocenters. The largest absolute Gasteiger partial charge is 0.478 e. The van der Waals surface area contributed by atoms with Crippen molar-refractivity contribution in [1.82, 2.24) is 5.32 Å². The minimum atomic E-state index is -0.947. The number of ether oxygens (including phenoxy) is 1. The standard InChI is InChI=1S/C19H21NO4/c1-2-24-17(15-6-4-3-5-7-15)18(21)20-13-12-14-8-10-16(11-9-14)19(22)23/h3-11,17H,2,12-13H2,1H3,(H,20,21)(H,22,23). The Labute approximate surface area is 141 Å². The van der Waals surface area contributed by atoms with Crippen LogP contribution in [0, 0.1) is 0 Å². The third-order valence-corrected chi connectivity index (χ3v) is 3.59. The van der Waals surface area contributed by atoms with Gasteiger partial charge in [-0.25, -0.2) is 4.79 Å². The van der Waals surface area contributed by atoms with Crippen molar-refractivity contribution in [1.29, 1.82) is 0 Å². The molecule has 1 atom stereocenters. The van der Waals surface area contributed by atoms with Gasteiger partial charge in [-0.15, -0.1) is 0 Å². The van der Waals surface area contributed by atoms with E-state index in [2.05, 4.69) is 5.32 Å². The van der Waals surface area contributed by atoms with E-state index in [0.29, 0.717) is 19.6 Å². The summed E-state index contributed by atoms with van der Waals surface area (Å²) in [5.41, 5.74) is 2.04. The molecule has 0 aromatic heterocycles. The summed E-state index contributed by atoms with van der Waals surface area (Å²) in [6, 6.07) is 16.0.